The summed E-state index contributed by atoms with van der Waals surface area (Å²) in [4.78, 5) is 5.22. The van der Waals surface area contributed by atoms with Crippen molar-refractivity contribution < 1.29 is 5.11 Å². The summed E-state index contributed by atoms with van der Waals surface area (Å²) < 4.78 is 2.02. The molecule has 4 nitrogen and oxygen atoms in total. The van der Waals surface area contributed by atoms with E-state index in [-0.39, 0.29) is 11.5 Å². The molecule has 0 saturated carbocycles. The van der Waals surface area contributed by atoms with Crippen LogP contribution in [0, 0.1) is 5.41 Å². The highest BCUT2D eigenvalue weighted by atomic mass is 35.5. The normalized spacial score (nSPS) is 14.2. The molecule has 2 aromatic heterocycles. The van der Waals surface area contributed by atoms with Gasteiger partial charge in [-0.05, 0) is 18.8 Å². The molecule has 0 aromatic carbocycles. The van der Waals surface area contributed by atoms with E-state index in [0.29, 0.717) is 11.7 Å². The highest BCUT2D eigenvalue weighted by Crippen LogP contribution is 2.23. The predicted octanol–water partition coefficient (Wildman–Crippen LogP) is 2.94. The number of imidazole rings is 1. The van der Waals surface area contributed by atoms with Crippen molar-refractivity contribution in [2.24, 2.45) is 5.41 Å². The van der Waals surface area contributed by atoms with E-state index >= 15 is 0 Å². The van der Waals surface area contributed by atoms with E-state index in [1.54, 1.807) is 11.3 Å². The largest absolute Gasteiger partial charge is 0.393 e. The van der Waals surface area contributed by atoms with E-state index in [1.807, 2.05) is 22.9 Å². The first-order valence-electron chi connectivity index (χ1n) is 6.38. The molecule has 1 unspecified atom stereocenters. The highest BCUT2D eigenvalue weighted by Gasteiger charge is 2.20. The molecule has 0 spiro atoms. The van der Waals surface area contributed by atoms with Crippen molar-refractivity contribution in [3.8, 4) is 0 Å². The summed E-state index contributed by atoms with van der Waals surface area (Å²) >= 11 is 7.71. The van der Waals surface area contributed by atoms with Gasteiger partial charge < -0.3 is 10.4 Å². The molecule has 0 bridgehead atoms. The molecule has 2 heterocycles. The first kappa shape index (κ1) is 14.8. The Morgan fingerprint density at radius 1 is 1.58 bits per heavy atom. The number of thiazole rings is 1. The second-order valence-electron chi connectivity index (χ2n) is 5.73. The summed E-state index contributed by atoms with van der Waals surface area (Å²) in [5.74, 6) is 0. The number of fused-ring (bicyclic) bond motifs is 1. The van der Waals surface area contributed by atoms with Crippen LogP contribution < -0.4 is 5.32 Å². The molecule has 6 heteroatoms. The van der Waals surface area contributed by atoms with Crippen LogP contribution in [0.5, 0.6) is 0 Å². The minimum atomic E-state index is -0.279. The highest BCUT2D eigenvalue weighted by molar-refractivity contribution is 7.15. The quantitative estimate of drug-likeness (QED) is 0.862. The molecule has 0 aliphatic carbocycles. The molecule has 1 atom stereocenters. The van der Waals surface area contributed by atoms with E-state index in [9.17, 15) is 5.11 Å². The van der Waals surface area contributed by atoms with Crippen LogP contribution in [0.15, 0.2) is 11.6 Å². The minimum absolute atomic E-state index is 0.0547. The van der Waals surface area contributed by atoms with Gasteiger partial charge in [-0.3, -0.25) is 4.40 Å². The third-order valence-electron chi connectivity index (χ3n) is 3.06. The Kier molecular flexibility index (Phi) is 4.50. The van der Waals surface area contributed by atoms with Gasteiger partial charge in [-0.2, -0.15) is 0 Å². The Morgan fingerprint density at radius 2 is 2.32 bits per heavy atom. The molecule has 0 aliphatic heterocycles. The van der Waals surface area contributed by atoms with Crippen molar-refractivity contribution in [3.63, 3.8) is 0 Å². The summed E-state index contributed by atoms with van der Waals surface area (Å²) in [7, 11) is 0. The van der Waals surface area contributed by atoms with Crippen LogP contribution in [0.25, 0.3) is 4.96 Å². The van der Waals surface area contributed by atoms with Gasteiger partial charge >= 0.3 is 0 Å². The molecule has 0 aliphatic rings. The molecule has 106 valence electrons. The van der Waals surface area contributed by atoms with Crippen LogP contribution in [0.4, 0.5) is 0 Å². The first-order valence-corrected chi connectivity index (χ1v) is 7.63. The van der Waals surface area contributed by atoms with Gasteiger partial charge in [0.1, 0.15) is 0 Å². The summed E-state index contributed by atoms with van der Waals surface area (Å²) in [6.07, 6.45) is 2.48. The van der Waals surface area contributed by atoms with Crippen LogP contribution in [-0.2, 0) is 6.54 Å². The molecular formula is C13H20ClN3OS. The van der Waals surface area contributed by atoms with Gasteiger partial charge in [-0.25, -0.2) is 4.98 Å². The maximum Gasteiger partial charge on any atom is 0.195 e. The number of nitrogens with one attached hydrogen (secondary N) is 1. The molecule has 2 aromatic rings. The lowest BCUT2D eigenvalue weighted by atomic mass is 9.87. The van der Waals surface area contributed by atoms with E-state index in [2.05, 4.69) is 24.1 Å². The lowest BCUT2D eigenvalue weighted by Gasteiger charge is -2.26. The Morgan fingerprint density at radius 3 is 3.00 bits per heavy atom. The van der Waals surface area contributed by atoms with Crippen LogP contribution >= 0.6 is 22.9 Å². The Balaban J connectivity index is 1.95. The number of halogens is 1. The number of rotatable bonds is 6. The van der Waals surface area contributed by atoms with Crippen molar-refractivity contribution >= 4 is 27.9 Å². The predicted molar refractivity (Wildman–Crippen MR) is 79.9 cm³/mol. The van der Waals surface area contributed by atoms with Crippen molar-refractivity contribution in [1.82, 2.24) is 14.7 Å². The number of aliphatic hydroxyl groups is 1. The van der Waals surface area contributed by atoms with Gasteiger partial charge in [0.25, 0.3) is 0 Å². The van der Waals surface area contributed by atoms with Crippen molar-refractivity contribution in [3.05, 3.63) is 22.4 Å². The lowest BCUT2D eigenvalue weighted by molar-refractivity contribution is 0.128. The zero-order valence-corrected chi connectivity index (χ0v) is 13.1. The number of aromatic nitrogens is 2. The maximum atomic E-state index is 9.47. The second-order valence-corrected chi connectivity index (χ2v) is 6.96. The fourth-order valence-electron chi connectivity index (χ4n) is 2.36. The molecule has 0 fully saturated rings. The van der Waals surface area contributed by atoms with Gasteiger partial charge in [0, 0.05) is 24.7 Å². The van der Waals surface area contributed by atoms with Gasteiger partial charge in [-0.1, -0.05) is 25.4 Å². The van der Waals surface area contributed by atoms with Gasteiger partial charge in [-0.15, -0.1) is 11.3 Å². The minimum Gasteiger partial charge on any atom is -0.393 e. The third kappa shape index (κ3) is 3.69. The van der Waals surface area contributed by atoms with Crippen LogP contribution in [-0.4, -0.2) is 27.1 Å². The fraction of sp³-hybridized carbons (Fsp3) is 0.615. The van der Waals surface area contributed by atoms with E-state index in [4.69, 9.17) is 11.6 Å². The summed E-state index contributed by atoms with van der Waals surface area (Å²) in [5, 5.41) is 15.4. The molecule has 19 heavy (non-hydrogen) atoms. The Labute approximate surface area is 122 Å². The molecule has 2 rings (SSSR count). The van der Waals surface area contributed by atoms with Gasteiger partial charge in [0.15, 0.2) is 10.1 Å². The molecule has 0 saturated heterocycles. The molecule has 2 N–H and O–H groups in total. The Bertz CT molecular complexity index is 547. The maximum absolute atomic E-state index is 9.47. The average molecular weight is 302 g/mol. The van der Waals surface area contributed by atoms with Crippen molar-refractivity contribution in [2.75, 3.05) is 6.54 Å². The topological polar surface area (TPSA) is 49.6 Å². The average Bonchev–Trinajstić information content (AvgIpc) is 2.79. The number of aliphatic hydroxyl groups excluding tert-OH is 1. The summed E-state index contributed by atoms with van der Waals surface area (Å²) in [5.41, 5.74) is 1.05. The smallest absolute Gasteiger partial charge is 0.195 e. The third-order valence-corrected chi connectivity index (χ3v) is 4.12. The zero-order chi connectivity index (χ0) is 14.0. The molecule has 0 radical (unpaired) electrons. The number of hydrogen-bond acceptors (Lipinski definition) is 4. The zero-order valence-electron chi connectivity index (χ0n) is 11.5. The van der Waals surface area contributed by atoms with Crippen LogP contribution in [0.1, 0.15) is 32.9 Å². The monoisotopic (exact) mass is 301 g/mol. The van der Waals surface area contributed by atoms with Crippen molar-refractivity contribution in [1.29, 1.82) is 0 Å². The van der Waals surface area contributed by atoms with E-state index < -0.39 is 0 Å². The Hall–Kier alpha value is -0.620. The number of hydrogen-bond donors (Lipinski definition) is 2. The SMILES string of the molecule is CC(O)CC(C)(C)CNCc1c(Cl)nc2sccn12. The van der Waals surface area contributed by atoms with Crippen molar-refractivity contribution in [2.45, 2.75) is 39.8 Å². The first-order chi connectivity index (χ1) is 8.89. The second kappa shape index (κ2) is 5.79. The molecule has 0 amide bonds. The summed E-state index contributed by atoms with van der Waals surface area (Å²) in [6, 6.07) is 0. The molecular weight excluding hydrogens is 282 g/mol. The van der Waals surface area contributed by atoms with Crippen LogP contribution in [0.3, 0.4) is 0 Å². The van der Waals surface area contributed by atoms with E-state index in [1.165, 1.54) is 0 Å². The number of nitrogens with zero attached hydrogens (tertiary/aromatic N) is 2. The standard InChI is InChI=1S/C13H20ClN3OS/c1-9(18)6-13(2,3)8-15-7-10-11(14)16-12-17(10)4-5-19-12/h4-5,9,15,18H,6-8H2,1-3H3. The summed E-state index contributed by atoms with van der Waals surface area (Å²) in [6.45, 7) is 7.62. The van der Waals surface area contributed by atoms with Gasteiger partial charge in [0.2, 0.25) is 0 Å². The van der Waals surface area contributed by atoms with E-state index in [0.717, 1.165) is 23.6 Å². The fourth-order valence-corrected chi connectivity index (χ4v) is 3.38. The van der Waals surface area contributed by atoms with Gasteiger partial charge in [0.05, 0.1) is 11.8 Å². The lowest BCUT2D eigenvalue weighted by Crippen LogP contribution is -2.32. The van der Waals surface area contributed by atoms with Crippen LogP contribution in [0.2, 0.25) is 5.15 Å².